The smallest absolute Gasteiger partial charge is 0.306 e. The molecule has 2 atom stereocenters. The second-order valence-electron chi connectivity index (χ2n) is 6.89. The second-order valence-corrected chi connectivity index (χ2v) is 6.89. The van der Waals surface area contributed by atoms with Crippen molar-refractivity contribution in [2.45, 2.75) is 39.3 Å². The SMILES string of the molecule is COC(=O)CCN1CC(NCc2ccccc2)CC(C(C)C)C1. The summed E-state index contributed by atoms with van der Waals surface area (Å²) in [7, 11) is 1.46. The second kappa shape index (κ2) is 9.04. The third kappa shape index (κ3) is 5.96. The van der Waals surface area contributed by atoms with Crippen LogP contribution in [0, 0.1) is 11.8 Å². The lowest BCUT2D eigenvalue weighted by Gasteiger charge is -2.40. The van der Waals surface area contributed by atoms with Crippen LogP contribution in [0.4, 0.5) is 0 Å². The fourth-order valence-electron chi connectivity index (χ4n) is 3.26. The van der Waals surface area contributed by atoms with E-state index >= 15 is 0 Å². The minimum atomic E-state index is -0.120. The van der Waals surface area contributed by atoms with Crippen LogP contribution in [-0.2, 0) is 16.1 Å². The zero-order valence-corrected chi connectivity index (χ0v) is 14.6. The number of nitrogens with one attached hydrogen (secondary N) is 1. The van der Waals surface area contributed by atoms with Gasteiger partial charge in [-0.3, -0.25) is 4.79 Å². The molecule has 128 valence electrons. The van der Waals surface area contributed by atoms with Gasteiger partial charge < -0.3 is 15.0 Å². The lowest BCUT2D eigenvalue weighted by molar-refractivity contribution is -0.141. The van der Waals surface area contributed by atoms with Gasteiger partial charge in [-0.25, -0.2) is 0 Å². The fourth-order valence-corrected chi connectivity index (χ4v) is 3.26. The third-order valence-electron chi connectivity index (χ3n) is 4.80. The van der Waals surface area contributed by atoms with E-state index in [1.807, 2.05) is 6.07 Å². The van der Waals surface area contributed by atoms with Crippen molar-refractivity contribution in [1.82, 2.24) is 10.2 Å². The summed E-state index contributed by atoms with van der Waals surface area (Å²) < 4.78 is 4.77. The van der Waals surface area contributed by atoms with Crippen LogP contribution >= 0.6 is 0 Å². The molecule has 0 aromatic heterocycles. The van der Waals surface area contributed by atoms with E-state index in [1.165, 1.54) is 19.1 Å². The number of ether oxygens (including phenoxy) is 1. The molecule has 0 aliphatic carbocycles. The van der Waals surface area contributed by atoms with Crippen molar-refractivity contribution in [3.63, 3.8) is 0 Å². The molecule has 1 aliphatic heterocycles. The van der Waals surface area contributed by atoms with Crippen LogP contribution in [0.25, 0.3) is 0 Å². The van der Waals surface area contributed by atoms with E-state index in [2.05, 4.69) is 48.3 Å². The molecular formula is C19H30N2O2. The number of esters is 1. The zero-order chi connectivity index (χ0) is 16.7. The monoisotopic (exact) mass is 318 g/mol. The van der Waals surface area contributed by atoms with Gasteiger partial charge >= 0.3 is 5.97 Å². The maximum Gasteiger partial charge on any atom is 0.306 e. The summed E-state index contributed by atoms with van der Waals surface area (Å²) in [6.45, 7) is 8.37. The number of carbonyl (C=O) groups excluding carboxylic acids is 1. The quantitative estimate of drug-likeness (QED) is 0.785. The minimum absolute atomic E-state index is 0.120. The van der Waals surface area contributed by atoms with Crippen LogP contribution in [0.15, 0.2) is 30.3 Å². The number of likely N-dealkylation sites (tertiary alicyclic amines) is 1. The summed E-state index contributed by atoms with van der Waals surface area (Å²) in [4.78, 5) is 13.8. The Kier molecular flexibility index (Phi) is 7.06. The molecule has 1 saturated heterocycles. The lowest BCUT2D eigenvalue weighted by atomic mass is 9.85. The van der Waals surface area contributed by atoms with Gasteiger partial charge in [-0.05, 0) is 23.8 Å². The van der Waals surface area contributed by atoms with Crippen LogP contribution < -0.4 is 5.32 Å². The Morgan fingerprint density at radius 2 is 2.04 bits per heavy atom. The van der Waals surface area contributed by atoms with Gasteiger partial charge in [-0.2, -0.15) is 0 Å². The van der Waals surface area contributed by atoms with E-state index in [0.29, 0.717) is 24.3 Å². The van der Waals surface area contributed by atoms with Crippen LogP contribution in [0.3, 0.4) is 0 Å². The Morgan fingerprint density at radius 3 is 2.70 bits per heavy atom. The first-order chi connectivity index (χ1) is 11.1. The van der Waals surface area contributed by atoms with Gasteiger partial charge in [0.2, 0.25) is 0 Å². The molecule has 1 aliphatic rings. The number of hydrogen-bond acceptors (Lipinski definition) is 4. The van der Waals surface area contributed by atoms with E-state index in [4.69, 9.17) is 4.74 Å². The molecule has 2 unspecified atom stereocenters. The van der Waals surface area contributed by atoms with Gasteiger partial charge in [0.05, 0.1) is 13.5 Å². The highest BCUT2D eigenvalue weighted by molar-refractivity contribution is 5.69. The van der Waals surface area contributed by atoms with E-state index < -0.39 is 0 Å². The normalized spacial score (nSPS) is 22.3. The number of methoxy groups -OCH3 is 1. The summed E-state index contributed by atoms with van der Waals surface area (Å²) in [5, 5.41) is 3.70. The Morgan fingerprint density at radius 1 is 1.30 bits per heavy atom. The number of hydrogen-bond donors (Lipinski definition) is 1. The standard InChI is InChI=1S/C19H30N2O2/c1-15(2)17-11-18(20-12-16-7-5-4-6-8-16)14-21(13-17)10-9-19(22)23-3/h4-8,15,17-18,20H,9-14H2,1-3H3. The number of benzene rings is 1. The summed E-state index contributed by atoms with van der Waals surface area (Å²) in [5.74, 6) is 1.22. The highest BCUT2D eigenvalue weighted by Gasteiger charge is 2.28. The van der Waals surface area contributed by atoms with E-state index in [9.17, 15) is 4.79 Å². The minimum Gasteiger partial charge on any atom is -0.469 e. The highest BCUT2D eigenvalue weighted by atomic mass is 16.5. The predicted molar refractivity (Wildman–Crippen MR) is 93.1 cm³/mol. The first-order valence-corrected chi connectivity index (χ1v) is 8.65. The Bertz CT molecular complexity index is 476. The maximum absolute atomic E-state index is 11.4. The van der Waals surface area contributed by atoms with Gasteiger partial charge in [0.15, 0.2) is 0 Å². The summed E-state index contributed by atoms with van der Waals surface area (Å²) in [6.07, 6.45) is 1.69. The van der Waals surface area contributed by atoms with Crippen molar-refractivity contribution in [3.05, 3.63) is 35.9 Å². The van der Waals surface area contributed by atoms with Gasteiger partial charge in [0.25, 0.3) is 0 Å². The largest absolute Gasteiger partial charge is 0.469 e. The Labute approximate surface area is 140 Å². The molecule has 0 saturated carbocycles. The average molecular weight is 318 g/mol. The van der Waals surface area contributed by atoms with Crippen molar-refractivity contribution < 1.29 is 9.53 Å². The first-order valence-electron chi connectivity index (χ1n) is 8.65. The molecular weight excluding hydrogens is 288 g/mol. The topological polar surface area (TPSA) is 41.6 Å². The number of rotatable bonds is 7. The molecule has 1 aromatic rings. The molecule has 1 heterocycles. The molecule has 0 spiro atoms. The molecule has 4 heteroatoms. The molecule has 0 amide bonds. The maximum atomic E-state index is 11.4. The summed E-state index contributed by atoms with van der Waals surface area (Å²) in [5.41, 5.74) is 1.32. The summed E-state index contributed by atoms with van der Waals surface area (Å²) in [6, 6.07) is 11.0. The molecule has 2 rings (SSSR count). The molecule has 1 aromatic carbocycles. The number of piperidine rings is 1. The van der Waals surface area contributed by atoms with Crippen LogP contribution in [0.2, 0.25) is 0 Å². The Balaban J connectivity index is 1.88. The van der Waals surface area contributed by atoms with Crippen molar-refractivity contribution in [3.8, 4) is 0 Å². The molecule has 0 bridgehead atoms. The van der Waals surface area contributed by atoms with Crippen molar-refractivity contribution in [2.75, 3.05) is 26.7 Å². The number of carbonyl (C=O) groups is 1. The van der Waals surface area contributed by atoms with Crippen molar-refractivity contribution in [2.24, 2.45) is 11.8 Å². The number of nitrogens with zero attached hydrogens (tertiary/aromatic N) is 1. The third-order valence-corrected chi connectivity index (χ3v) is 4.80. The molecule has 0 radical (unpaired) electrons. The lowest BCUT2D eigenvalue weighted by Crippen LogP contribution is -2.50. The molecule has 1 fully saturated rings. The van der Waals surface area contributed by atoms with Gasteiger partial charge in [-0.1, -0.05) is 44.2 Å². The first kappa shape index (κ1) is 18.0. The highest BCUT2D eigenvalue weighted by Crippen LogP contribution is 2.24. The van der Waals surface area contributed by atoms with Crippen LogP contribution in [0.1, 0.15) is 32.3 Å². The van der Waals surface area contributed by atoms with E-state index in [1.54, 1.807) is 0 Å². The van der Waals surface area contributed by atoms with Gasteiger partial charge in [-0.15, -0.1) is 0 Å². The van der Waals surface area contributed by atoms with E-state index in [-0.39, 0.29) is 5.97 Å². The molecule has 1 N–H and O–H groups in total. The average Bonchev–Trinajstić information content (AvgIpc) is 2.58. The van der Waals surface area contributed by atoms with Gasteiger partial charge in [0.1, 0.15) is 0 Å². The van der Waals surface area contributed by atoms with Crippen LogP contribution in [0.5, 0.6) is 0 Å². The fraction of sp³-hybridized carbons (Fsp3) is 0.632. The van der Waals surface area contributed by atoms with Crippen molar-refractivity contribution >= 4 is 5.97 Å². The molecule has 23 heavy (non-hydrogen) atoms. The predicted octanol–water partition coefficient (Wildman–Crippen LogP) is 2.69. The van der Waals surface area contributed by atoms with Crippen molar-refractivity contribution in [1.29, 1.82) is 0 Å². The Hall–Kier alpha value is -1.39. The summed E-state index contributed by atoms with van der Waals surface area (Å²) >= 11 is 0. The van der Waals surface area contributed by atoms with E-state index in [0.717, 1.165) is 26.2 Å². The van der Waals surface area contributed by atoms with Crippen LogP contribution in [-0.4, -0.2) is 43.7 Å². The zero-order valence-electron chi connectivity index (χ0n) is 14.6. The van der Waals surface area contributed by atoms with Gasteiger partial charge in [0, 0.05) is 32.2 Å². The molecule has 4 nitrogen and oxygen atoms in total.